The largest absolute Gasteiger partial charge is 0.508 e. The summed E-state index contributed by atoms with van der Waals surface area (Å²) in [5.41, 5.74) is 4.88. The number of phenolic OH excluding ortho intramolecular Hbond substituents is 1. The molecule has 1 aliphatic heterocycles. The zero-order chi connectivity index (χ0) is 20.2. The SMILES string of the molecule is Cc1ssc(=S)c1Cc1ccc(O)c(CN2CCN(Cc3ccccc3)CC2)c1.Cl. The van der Waals surface area contributed by atoms with Gasteiger partial charge < -0.3 is 5.11 Å². The summed E-state index contributed by atoms with van der Waals surface area (Å²) >= 11 is 5.49. The number of phenols is 1. The number of halogens is 1. The maximum Gasteiger partial charge on any atom is 0.120 e. The molecule has 0 bridgehead atoms. The minimum absolute atomic E-state index is 0. The van der Waals surface area contributed by atoms with Crippen LogP contribution in [0.2, 0.25) is 0 Å². The van der Waals surface area contributed by atoms with E-state index in [0.717, 1.165) is 55.1 Å². The molecule has 1 aliphatic rings. The number of rotatable bonds is 6. The summed E-state index contributed by atoms with van der Waals surface area (Å²) in [6, 6.07) is 16.7. The van der Waals surface area contributed by atoms with Gasteiger partial charge in [0.05, 0.1) is 0 Å². The molecule has 2 aromatic carbocycles. The van der Waals surface area contributed by atoms with Gasteiger partial charge in [-0.25, -0.2) is 0 Å². The highest BCUT2D eigenvalue weighted by Crippen LogP contribution is 2.28. The van der Waals surface area contributed by atoms with Gasteiger partial charge in [-0.15, -0.1) is 12.4 Å². The highest BCUT2D eigenvalue weighted by atomic mass is 35.5. The molecule has 4 rings (SSSR count). The third-order valence-electron chi connectivity index (χ3n) is 5.55. The fraction of sp³-hybridized carbons (Fsp3) is 0.348. The molecule has 1 saturated heterocycles. The van der Waals surface area contributed by atoms with E-state index in [1.54, 1.807) is 20.7 Å². The maximum absolute atomic E-state index is 10.4. The van der Waals surface area contributed by atoms with Gasteiger partial charge in [-0.3, -0.25) is 9.80 Å². The molecule has 0 radical (unpaired) electrons. The molecule has 0 spiro atoms. The van der Waals surface area contributed by atoms with Gasteiger partial charge in [-0.2, -0.15) is 0 Å². The van der Waals surface area contributed by atoms with Gasteiger partial charge in [0.25, 0.3) is 0 Å². The Morgan fingerprint density at radius 2 is 1.57 bits per heavy atom. The second kappa shape index (κ2) is 10.8. The molecule has 2 heterocycles. The van der Waals surface area contributed by atoms with Crippen molar-refractivity contribution in [2.75, 3.05) is 26.2 Å². The lowest BCUT2D eigenvalue weighted by Crippen LogP contribution is -2.45. The zero-order valence-corrected chi connectivity index (χ0v) is 20.3. The Hall–Kier alpha value is -1.28. The van der Waals surface area contributed by atoms with Crippen molar-refractivity contribution in [1.82, 2.24) is 9.80 Å². The minimum Gasteiger partial charge on any atom is -0.508 e. The molecule has 0 aliphatic carbocycles. The Morgan fingerprint density at radius 3 is 2.20 bits per heavy atom. The molecular formula is C23H27ClN2OS3. The minimum atomic E-state index is 0. The van der Waals surface area contributed by atoms with E-state index in [-0.39, 0.29) is 12.4 Å². The van der Waals surface area contributed by atoms with E-state index in [1.807, 2.05) is 12.1 Å². The van der Waals surface area contributed by atoms with Crippen LogP contribution in [0.3, 0.4) is 0 Å². The van der Waals surface area contributed by atoms with Gasteiger partial charge in [0.15, 0.2) is 0 Å². The van der Waals surface area contributed by atoms with Crippen LogP contribution >= 0.6 is 45.3 Å². The molecule has 1 aromatic heterocycles. The second-order valence-electron chi connectivity index (χ2n) is 7.67. The van der Waals surface area contributed by atoms with Gasteiger partial charge in [0, 0.05) is 56.1 Å². The number of nitrogens with zero attached hydrogens (tertiary/aromatic N) is 2. The first-order valence-corrected chi connectivity index (χ1v) is 12.5. The molecule has 3 nitrogen and oxygen atoms in total. The van der Waals surface area contributed by atoms with Gasteiger partial charge in [-0.1, -0.05) is 75.4 Å². The molecule has 0 unspecified atom stereocenters. The average Bonchev–Trinajstić information content (AvgIpc) is 3.05. The number of benzene rings is 2. The third-order valence-corrected chi connectivity index (χ3v) is 8.84. The van der Waals surface area contributed by atoms with E-state index in [4.69, 9.17) is 12.2 Å². The second-order valence-corrected chi connectivity index (χ2v) is 10.7. The summed E-state index contributed by atoms with van der Waals surface area (Å²) in [6.07, 6.45) is 0.850. The topological polar surface area (TPSA) is 26.7 Å². The van der Waals surface area contributed by atoms with Crippen LogP contribution in [0.25, 0.3) is 0 Å². The third kappa shape index (κ3) is 5.90. The standard InChI is InChI=1S/C23H26N2OS3.ClH/c1-17-21(23(27)29-28-17)14-19-7-8-22(26)20(13-19)16-25-11-9-24(10-12-25)15-18-5-3-2-4-6-18;/h2-8,13,26H,9-12,14-16H2,1H3;1H. The lowest BCUT2D eigenvalue weighted by atomic mass is 10.0. The summed E-state index contributed by atoms with van der Waals surface area (Å²) in [4.78, 5) is 6.26. The van der Waals surface area contributed by atoms with E-state index < -0.39 is 0 Å². The summed E-state index contributed by atoms with van der Waals surface area (Å²) in [5, 5.41) is 10.4. The predicted molar refractivity (Wildman–Crippen MR) is 133 cm³/mol. The molecule has 0 atom stereocenters. The van der Waals surface area contributed by atoms with Crippen molar-refractivity contribution in [1.29, 1.82) is 0 Å². The fourth-order valence-electron chi connectivity index (χ4n) is 3.81. The van der Waals surface area contributed by atoms with Crippen LogP contribution in [0.15, 0.2) is 48.5 Å². The molecule has 7 heteroatoms. The Kier molecular flexibility index (Phi) is 8.45. The molecule has 30 heavy (non-hydrogen) atoms. The number of piperazine rings is 1. The van der Waals surface area contributed by atoms with Crippen molar-refractivity contribution in [2.45, 2.75) is 26.4 Å². The van der Waals surface area contributed by atoms with Crippen molar-refractivity contribution < 1.29 is 5.11 Å². The summed E-state index contributed by atoms with van der Waals surface area (Å²) in [5.74, 6) is 0.393. The first-order valence-electron chi connectivity index (χ1n) is 9.96. The first kappa shape index (κ1) is 23.4. The molecule has 0 amide bonds. The molecule has 1 fully saturated rings. The van der Waals surface area contributed by atoms with Crippen LogP contribution in [-0.2, 0) is 19.5 Å². The first-order chi connectivity index (χ1) is 14.1. The highest BCUT2D eigenvalue weighted by molar-refractivity contribution is 7.79. The van der Waals surface area contributed by atoms with Crippen molar-refractivity contribution in [3.63, 3.8) is 0 Å². The molecular weight excluding hydrogens is 452 g/mol. The number of hydrogen-bond donors (Lipinski definition) is 1. The molecule has 160 valence electrons. The normalized spacial score (nSPS) is 15.1. The van der Waals surface area contributed by atoms with Crippen LogP contribution in [0, 0.1) is 10.7 Å². The Balaban J connectivity index is 0.00000256. The lowest BCUT2D eigenvalue weighted by molar-refractivity contribution is 0.121. The summed E-state index contributed by atoms with van der Waals surface area (Å²) < 4.78 is 0.997. The van der Waals surface area contributed by atoms with Gasteiger partial charge >= 0.3 is 0 Å². The van der Waals surface area contributed by atoms with Crippen LogP contribution in [0.1, 0.15) is 27.1 Å². The van der Waals surface area contributed by atoms with Gasteiger partial charge in [0.1, 0.15) is 9.57 Å². The summed E-state index contributed by atoms with van der Waals surface area (Å²) in [7, 11) is 3.44. The van der Waals surface area contributed by atoms with Crippen LogP contribution in [0.5, 0.6) is 5.75 Å². The highest BCUT2D eigenvalue weighted by Gasteiger charge is 2.18. The van der Waals surface area contributed by atoms with E-state index >= 15 is 0 Å². The van der Waals surface area contributed by atoms with Crippen LogP contribution in [0.4, 0.5) is 0 Å². The molecule has 3 aromatic rings. The lowest BCUT2D eigenvalue weighted by Gasteiger charge is -2.34. The van der Waals surface area contributed by atoms with E-state index in [9.17, 15) is 5.11 Å². The predicted octanol–water partition coefficient (Wildman–Crippen LogP) is 5.88. The quantitative estimate of drug-likeness (QED) is 0.353. The van der Waals surface area contributed by atoms with Crippen molar-refractivity contribution >= 4 is 45.3 Å². The average molecular weight is 479 g/mol. The number of hydrogen-bond acceptors (Lipinski definition) is 6. The Bertz CT molecular complexity index is 1010. The summed E-state index contributed by atoms with van der Waals surface area (Å²) in [6.45, 7) is 8.12. The smallest absolute Gasteiger partial charge is 0.120 e. The van der Waals surface area contributed by atoms with E-state index in [1.165, 1.54) is 21.6 Å². The number of aromatic hydroxyl groups is 1. The van der Waals surface area contributed by atoms with Crippen molar-refractivity contribution in [3.05, 3.63) is 79.5 Å². The Labute approximate surface area is 197 Å². The van der Waals surface area contributed by atoms with Crippen molar-refractivity contribution in [3.8, 4) is 5.75 Å². The Morgan fingerprint density at radius 1 is 0.900 bits per heavy atom. The fourth-order valence-corrected chi connectivity index (χ4v) is 6.48. The van der Waals surface area contributed by atoms with E-state index in [0.29, 0.717) is 5.75 Å². The number of aryl methyl sites for hydroxylation is 1. The molecule has 0 saturated carbocycles. The van der Waals surface area contributed by atoms with Crippen LogP contribution in [-0.4, -0.2) is 41.1 Å². The van der Waals surface area contributed by atoms with Crippen LogP contribution < -0.4 is 0 Å². The zero-order valence-electron chi connectivity index (χ0n) is 17.0. The van der Waals surface area contributed by atoms with E-state index in [2.05, 4.69) is 53.1 Å². The molecule has 1 N–H and O–H groups in total. The maximum atomic E-state index is 10.4. The monoisotopic (exact) mass is 478 g/mol. The van der Waals surface area contributed by atoms with Gasteiger partial charge in [-0.05, 0) is 29.7 Å². The van der Waals surface area contributed by atoms with Crippen molar-refractivity contribution in [2.24, 2.45) is 0 Å². The van der Waals surface area contributed by atoms with Gasteiger partial charge in [0.2, 0.25) is 0 Å².